The first-order chi connectivity index (χ1) is 3.68. The Labute approximate surface area is 52.9 Å². The molecular formula is C4H10N2OS. The zero-order valence-corrected chi connectivity index (χ0v) is 5.57. The Morgan fingerprint density at radius 1 is 1.88 bits per heavy atom. The summed E-state index contributed by atoms with van der Waals surface area (Å²) in [5.41, 5.74) is 4.91. The second kappa shape index (κ2) is 3.74. The van der Waals surface area contributed by atoms with Crippen LogP contribution in [0, 0.1) is 5.92 Å². The second-order valence-electron chi connectivity index (χ2n) is 1.64. The van der Waals surface area contributed by atoms with Crippen LogP contribution in [0.15, 0.2) is 0 Å². The van der Waals surface area contributed by atoms with E-state index in [4.69, 9.17) is 10.9 Å². The molecule has 0 aliphatic heterocycles. The fourth-order valence-corrected chi connectivity index (χ4v) is 0.679. The molecule has 1 amide bonds. The first kappa shape index (κ1) is 7.78. The van der Waals surface area contributed by atoms with Crippen molar-refractivity contribution >= 4 is 17.9 Å². The third-order valence-electron chi connectivity index (χ3n) is 0.832. The highest BCUT2D eigenvalue weighted by Gasteiger charge is 2.05. The minimum absolute atomic E-state index is 0.106. The second-order valence-corrected chi connectivity index (χ2v) is 2.30. The minimum Gasteiger partial charge on any atom is -0.369 e. The molecule has 1 atom stereocenters. The highest BCUT2D eigenvalue weighted by Crippen LogP contribution is 1.98. The van der Waals surface area contributed by atoms with E-state index in [9.17, 15) is 4.79 Å². The molecule has 0 bridgehead atoms. The number of carbonyl (C=O) groups is 1. The Hall–Kier alpha value is -0.220. The van der Waals surface area contributed by atoms with Gasteiger partial charge in [-0.25, -0.2) is 0 Å². The van der Waals surface area contributed by atoms with E-state index in [-0.39, 0.29) is 11.8 Å². The Balaban J connectivity index is 3.32. The summed E-state index contributed by atoms with van der Waals surface area (Å²) >= 11 is 1.14. The van der Waals surface area contributed by atoms with Gasteiger partial charge in [-0.2, -0.15) is 0 Å². The minimum atomic E-state index is -0.289. The van der Waals surface area contributed by atoms with Gasteiger partial charge in [-0.3, -0.25) is 9.93 Å². The molecule has 0 aromatic rings. The molecule has 0 heterocycles. The van der Waals surface area contributed by atoms with Crippen LogP contribution in [0.2, 0.25) is 0 Å². The summed E-state index contributed by atoms with van der Waals surface area (Å²) in [6.45, 7) is 1.75. The normalized spacial score (nSPS) is 13.2. The van der Waals surface area contributed by atoms with Crippen LogP contribution in [-0.2, 0) is 4.79 Å². The Morgan fingerprint density at radius 3 is 2.50 bits per heavy atom. The maximum absolute atomic E-state index is 10.2. The topological polar surface area (TPSA) is 69.1 Å². The van der Waals surface area contributed by atoms with Crippen LogP contribution in [-0.4, -0.2) is 11.7 Å². The molecule has 1 unspecified atom stereocenters. The lowest BCUT2D eigenvalue weighted by Crippen LogP contribution is -2.22. The quantitative estimate of drug-likeness (QED) is 0.521. The summed E-state index contributed by atoms with van der Waals surface area (Å²) < 4.78 is 0. The van der Waals surface area contributed by atoms with Gasteiger partial charge in [0.2, 0.25) is 5.91 Å². The van der Waals surface area contributed by atoms with E-state index in [1.165, 1.54) is 0 Å². The fourth-order valence-electron chi connectivity index (χ4n) is 0.226. The summed E-state index contributed by atoms with van der Waals surface area (Å²) in [5.74, 6) is 0.211. The lowest BCUT2D eigenvalue weighted by molar-refractivity contribution is -0.120. The molecule has 0 aliphatic carbocycles. The number of carbonyl (C=O) groups excluding carboxylic acids is 1. The van der Waals surface area contributed by atoms with Gasteiger partial charge in [0.1, 0.15) is 0 Å². The fraction of sp³-hybridized carbons (Fsp3) is 0.750. The average Bonchev–Trinajstić information content (AvgIpc) is 1.67. The van der Waals surface area contributed by atoms with Gasteiger partial charge in [-0.1, -0.05) is 18.9 Å². The van der Waals surface area contributed by atoms with Gasteiger partial charge in [-0.15, -0.1) is 0 Å². The van der Waals surface area contributed by atoms with Gasteiger partial charge in [0.25, 0.3) is 0 Å². The van der Waals surface area contributed by atoms with Crippen molar-refractivity contribution in [2.45, 2.75) is 6.92 Å². The molecule has 0 aromatic carbocycles. The Kier molecular flexibility index (Phi) is 3.64. The zero-order valence-electron chi connectivity index (χ0n) is 4.76. The molecule has 0 spiro atoms. The zero-order chi connectivity index (χ0) is 6.57. The SMILES string of the molecule is CC(CSN)C(N)=O. The van der Waals surface area contributed by atoms with E-state index in [0.717, 1.165) is 11.9 Å². The summed E-state index contributed by atoms with van der Waals surface area (Å²) in [4.78, 5) is 10.2. The molecule has 0 fully saturated rings. The maximum atomic E-state index is 10.2. The summed E-state index contributed by atoms with van der Waals surface area (Å²) in [5, 5.41) is 5.08. The summed E-state index contributed by atoms with van der Waals surface area (Å²) in [7, 11) is 0. The molecule has 3 nitrogen and oxygen atoms in total. The highest BCUT2D eigenvalue weighted by molar-refractivity contribution is 7.97. The lowest BCUT2D eigenvalue weighted by Gasteiger charge is -2.00. The van der Waals surface area contributed by atoms with Crippen molar-refractivity contribution in [3.05, 3.63) is 0 Å². The number of rotatable bonds is 3. The molecule has 4 N–H and O–H groups in total. The van der Waals surface area contributed by atoms with Gasteiger partial charge in [0, 0.05) is 11.7 Å². The van der Waals surface area contributed by atoms with E-state index in [1.54, 1.807) is 6.92 Å². The monoisotopic (exact) mass is 134 g/mol. The van der Waals surface area contributed by atoms with Crippen LogP contribution in [0.5, 0.6) is 0 Å². The number of hydrogen-bond acceptors (Lipinski definition) is 3. The van der Waals surface area contributed by atoms with Crippen molar-refractivity contribution in [1.29, 1.82) is 0 Å². The van der Waals surface area contributed by atoms with E-state index in [2.05, 4.69) is 0 Å². The molecule has 0 radical (unpaired) electrons. The molecule has 8 heavy (non-hydrogen) atoms. The maximum Gasteiger partial charge on any atom is 0.221 e. The molecular weight excluding hydrogens is 124 g/mol. The van der Waals surface area contributed by atoms with Crippen LogP contribution in [0.25, 0.3) is 0 Å². The van der Waals surface area contributed by atoms with Crippen LogP contribution in [0.3, 0.4) is 0 Å². The number of nitrogens with two attached hydrogens (primary N) is 2. The van der Waals surface area contributed by atoms with Crippen LogP contribution in [0.4, 0.5) is 0 Å². The van der Waals surface area contributed by atoms with E-state index in [1.807, 2.05) is 0 Å². The third kappa shape index (κ3) is 2.87. The van der Waals surface area contributed by atoms with E-state index in [0.29, 0.717) is 5.75 Å². The van der Waals surface area contributed by atoms with E-state index < -0.39 is 0 Å². The molecule has 0 rings (SSSR count). The summed E-state index contributed by atoms with van der Waals surface area (Å²) in [6, 6.07) is 0. The first-order valence-corrected chi connectivity index (χ1v) is 3.34. The van der Waals surface area contributed by atoms with Gasteiger partial charge < -0.3 is 5.73 Å². The molecule has 0 aromatic heterocycles. The van der Waals surface area contributed by atoms with Crippen LogP contribution >= 0.6 is 11.9 Å². The predicted molar refractivity (Wildman–Crippen MR) is 35.0 cm³/mol. The van der Waals surface area contributed by atoms with Crippen molar-refractivity contribution in [3.63, 3.8) is 0 Å². The first-order valence-electron chi connectivity index (χ1n) is 2.29. The molecule has 4 heteroatoms. The van der Waals surface area contributed by atoms with Crippen molar-refractivity contribution in [2.75, 3.05) is 5.75 Å². The van der Waals surface area contributed by atoms with Crippen LogP contribution < -0.4 is 10.9 Å². The smallest absolute Gasteiger partial charge is 0.221 e. The van der Waals surface area contributed by atoms with Gasteiger partial charge >= 0.3 is 0 Å². The lowest BCUT2D eigenvalue weighted by atomic mass is 10.2. The third-order valence-corrected chi connectivity index (χ3v) is 1.52. The average molecular weight is 134 g/mol. The van der Waals surface area contributed by atoms with Crippen LogP contribution in [0.1, 0.15) is 6.92 Å². The summed E-state index contributed by atoms with van der Waals surface area (Å²) in [6.07, 6.45) is 0. The van der Waals surface area contributed by atoms with Gasteiger partial charge in [0.15, 0.2) is 0 Å². The molecule has 0 saturated heterocycles. The molecule has 0 aliphatic rings. The van der Waals surface area contributed by atoms with Gasteiger partial charge in [-0.05, 0) is 0 Å². The molecule has 48 valence electrons. The number of amides is 1. The Bertz CT molecular complexity index is 86.1. The van der Waals surface area contributed by atoms with Gasteiger partial charge in [0.05, 0.1) is 0 Å². The predicted octanol–water partition coefficient (Wildman–Crippen LogP) is -0.285. The number of primary amides is 1. The largest absolute Gasteiger partial charge is 0.369 e. The van der Waals surface area contributed by atoms with Crippen molar-refractivity contribution in [3.8, 4) is 0 Å². The van der Waals surface area contributed by atoms with Crippen molar-refractivity contribution in [1.82, 2.24) is 0 Å². The standard InChI is InChI=1S/C4H10N2OS/c1-3(2-8-6)4(5)7/h3H,2,6H2,1H3,(H2,5,7). The van der Waals surface area contributed by atoms with Crippen molar-refractivity contribution in [2.24, 2.45) is 16.8 Å². The Morgan fingerprint density at radius 2 is 2.38 bits per heavy atom. The van der Waals surface area contributed by atoms with E-state index >= 15 is 0 Å². The highest BCUT2D eigenvalue weighted by atomic mass is 32.2. The van der Waals surface area contributed by atoms with Crippen molar-refractivity contribution < 1.29 is 4.79 Å². The molecule has 0 saturated carbocycles. The number of hydrogen-bond donors (Lipinski definition) is 2.